The topological polar surface area (TPSA) is 113 Å². The first-order chi connectivity index (χ1) is 18.5. The van der Waals surface area contributed by atoms with Gasteiger partial charge in [0.05, 0.1) is 10.8 Å². The van der Waals surface area contributed by atoms with Crippen molar-refractivity contribution in [2.75, 3.05) is 6.54 Å². The second-order valence-electron chi connectivity index (χ2n) is 10.0. The van der Waals surface area contributed by atoms with E-state index < -0.39 is 22.0 Å². The van der Waals surface area contributed by atoms with Crippen LogP contribution in [0.2, 0.25) is 5.02 Å². The third kappa shape index (κ3) is 8.92. The second kappa shape index (κ2) is 13.7. The highest BCUT2D eigenvalue weighted by atomic mass is 35.5. The highest BCUT2D eigenvalue weighted by Gasteiger charge is 2.25. The number of carbonyl (C=O) groups is 2. The highest BCUT2D eigenvalue weighted by Crippen LogP contribution is 2.23. The first-order valence-corrected chi connectivity index (χ1v) is 14.8. The Bertz CT molecular complexity index is 1360. The number of hydrogen-bond donors (Lipinski definition) is 3. The minimum Gasteiger partial charge on any atom is -0.480 e. The first-order valence-electron chi connectivity index (χ1n) is 12.9. The molecule has 0 aromatic heterocycles. The maximum Gasteiger partial charge on any atom is 0.321 e. The van der Waals surface area contributed by atoms with Crippen molar-refractivity contribution in [3.8, 4) is 11.1 Å². The molecule has 2 atom stereocenters. The lowest BCUT2D eigenvalue weighted by molar-refractivity contribution is -0.139. The molecule has 39 heavy (non-hydrogen) atoms. The molecule has 0 bridgehead atoms. The number of carboxylic acids is 1. The molecule has 0 saturated heterocycles. The van der Waals surface area contributed by atoms with E-state index in [0.29, 0.717) is 17.4 Å². The zero-order valence-electron chi connectivity index (χ0n) is 22.4. The van der Waals surface area contributed by atoms with Gasteiger partial charge in [0, 0.05) is 11.6 Å². The Balaban J connectivity index is 1.52. The van der Waals surface area contributed by atoms with Crippen molar-refractivity contribution in [3.05, 3.63) is 88.9 Å². The Kier molecular flexibility index (Phi) is 10.7. The van der Waals surface area contributed by atoms with Gasteiger partial charge < -0.3 is 10.4 Å². The molecular weight excluding hydrogens is 536 g/mol. The molecule has 0 fully saturated rings. The van der Waals surface area contributed by atoms with Crippen LogP contribution >= 0.6 is 11.6 Å². The Morgan fingerprint density at radius 1 is 0.872 bits per heavy atom. The Hall–Kier alpha value is -3.20. The molecule has 3 aromatic rings. The average Bonchev–Trinajstić information content (AvgIpc) is 2.90. The molecule has 0 aliphatic heterocycles. The van der Waals surface area contributed by atoms with Gasteiger partial charge in [0.15, 0.2) is 0 Å². The van der Waals surface area contributed by atoms with E-state index in [1.807, 2.05) is 43.3 Å². The first kappa shape index (κ1) is 30.3. The van der Waals surface area contributed by atoms with Crippen molar-refractivity contribution in [3.63, 3.8) is 0 Å². The van der Waals surface area contributed by atoms with E-state index in [1.165, 1.54) is 17.7 Å². The molecule has 0 spiro atoms. The van der Waals surface area contributed by atoms with Crippen molar-refractivity contribution in [1.29, 1.82) is 0 Å². The summed E-state index contributed by atoms with van der Waals surface area (Å²) in [5.74, 6) is -1.25. The normalized spacial score (nSPS) is 13.2. The van der Waals surface area contributed by atoms with Crippen LogP contribution < -0.4 is 10.0 Å². The third-order valence-electron chi connectivity index (χ3n) is 6.42. The molecule has 0 heterocycles. The van der Waals surface area contributed by atoms with Gasteiger partial charge in [-0.3, -0.25) is 9.59 Å². The van der Waals surface area contributed by atoms with Crippen molar-refractivity contribution >= 4 is 33.5 Å². The number of benzene rings is 3. The summed E-state index contributed by atoms with van der Waals surface area (Å²) in [7, 11) is -4.06. The smallest absolute Gasteiger partial charge is 0.321 e. The summed E-state index contributed by atoms with van der Waals surface area (Å²) in [5, 5.41) is 13.0. The van der Waals surface area contributed by atoms with Crippen molar-refractivity contribution in [2.45, 2.75) is 56.9 Å². The molecule has 2 unspecified atom stereocenters. The highest BCUT2D eigenvalue weighted by molar-refractivity contribution is 7.89. The number of carbonyl (C=O) groups excluding carboxylic acids is 1. The fraction of sp³-hybridized carbons (Fsp3) is 0.333. The van der Waals surface area contributed by atoms with Gasteiger partial charge in [-0.15, -0.1) is 0 Å². The van der Waals surface area contributed by atoms with Gasteiger partial charge >= 0.3 is 5.97 Å². The molecule has 3 aromatic carbocycles. The predicted octanol–water partition coefficient (Wildman–Crippen LogP) is 5.64. The van der Waals surface area contributed by atoms with Crippen LogP contribution in [0, 0.1) is 5.92 Å². The molecule has 0 aliphatic carbocycles. The van der Waals surface area contributed by atoms with Gasteiger partial charge in [-0.2, -0.15) is 4.72 Å². The van der Waals surface area contributed by atoms with Crippen LogP contribution in [0.3, 0.4) is 0 Å². The lowest BCUT2D eigenvalue weighted by Gasteiger charge is -2.16. The van der Waals surface area contributed by atoms with E-state index in [2.05, 4.69) is 23.9 Å². The van der Waals surface area contributed by atoms with Gasteiger partial charge in [-0.1, -0.05) is 74.0 Å². The van der Waals surface area contributed by atoms with Crippen molar-refractivity contribution in [2.24, 2.45) is 5.92 Å². The summed E-state index contributed by atoms with van der Waals surface area (Å²) >= 11 is 5.92. The van der Waals surface area contributed by atoms with Gasteiger partial charge in [0.1, 0.15) is 6.04 Å². The predicted molar refractivity (Wildman–Crippen MR) is 154 cm³/mol. The van der Waals surface area contributed by atoms with E-state index in [1.54, 1.807) is 24.3 Å². The minimum absolute atomic E-state index is 0.0238. The molecule has 0 radical (unpaired) electrons. The Labute approximate surface area is 235 Å². The van der Waals surface area contributed by atoms with E-state index in [-0.39, 0.29) is 29.7 Å². The van der Waals surface area contributed by atoms with Crippen LogP contribution in [0.1, 0.15) is 50.7 Å². The zero-order chi connectivity index (χ0) is 28.6. The SMILES string of the molecule is CC(C)Cc1ccc(C(C)C(=O)NCCCC(NS(=O)(=O)c2ccc(-c3ccc(Cl)cc3)cc2)C(=O)O)cc1. The fourth-order valence-electron chi connectivity index (χ4n) is 4.19. The summed E-state index contributed by atoms with van der Waals surface area (Å²) in [4.78, 5) is 24.3. The molecule has 3 rings (SSSR count). The molecule has 9 heteroatoms. The van der Waals surface area contributed by atoms with E-state index in [9.17, 15) is 23.1 Å². The number of hydrogen-bond acceptors (Lipinski definition) is 4. The van der Waals surface area contributed by atoms with E-state index >= 15 is 0 Å². The number of nitrogens with one attached hydrogen (secondary N) is 2. The minimum atomic E-state index is -4.06. The van der Waals surface area contributed by atoms with Crippen LogP contribution in [0.25, 0.3) is 11.1 Å². The summed E-state index contributed by atoms with van der Waals surface area (Å²) in [6.07, 6.45) is 1.29. The van der Waals surface area contributed by atoms with Gasteiger partial charge in [-0.25, -0.2) is 8.42 Å². The maximum atomic E-state index is 12.8. The number of sulfonamides is 1. The van der Waals surface area contributed by atoms with Crippen LogP contribution in [0.15, 0.2) is 77.7 Å². The van der Waals surface area contributed by atoms with E-state index in [0.717, 1.165) is 23.1 Å². The second-order valence-corrected chi connectivity index (χ2v) is 12.2. The molecular formula is C30H35ClN2O5S. The lowest BCUT2D eigenvalue weighted by atomic mass is 9.96. The summed E-state index contributed by atoms with van der Waals surface area (Å²) in [6, 6.07) is 20.0. The standard InChI is InChI=1S/C30H35ClN2O5S/c1-20(2)19-22-6-8-23(9-7-22)21(3)29(34)32-18-4-5-28(30(35)36)33-39(37,38)27-16-12-25(13-17-27)24-10-14-26(31)15-11-24/h6-17,20-21,28,33H,4-5,18-19H2,1-3H3,(H,32,34)(H,35,36). The lowest BCUT2D eigenvalue weighted by Crippen LogP contribution is -2.41. The van der Waals surface area contributed by atoms with Crippen LogP contribution in [0.5, 0.6) is 0 Å². The van der Waals surface area contributed by atoms with E-state index in [4.69, 9.17) is 11.6 Å². The Morgan fingerprint density at radius 2 is 1.44 bits per heavy atom. The molecule has 0 aliphatic rings. The van der Waals surface area contributed by atoms with Crippen LogP contribution in [-0.2, 0) is 26.0 Å². The molecule has 3 N–H and O–H groups in total. The Morgan fingerprint density at radius 3 is 1.97 bits per heavy atom. The molecule has 0 saturated carbocycles. The van der Waals surface area contributed by atoms with Crippen molar-refractivity contribution in [1.82, 2.24) is 10.0 Å². The monoisotopic (exact) mass is 570 g/mol. The van der Waals surface area contributed by atoms with Gasteiger partial charge in [-0.05, 0) is 78.6 Å². The number of rotatable bonds is 13. The number of amides is 1. The van der Waals surface area contributed by atoms with Crippen LogP contribution in [-0.4, -0.2) is 38.0 Å². The third-order valence-corrected chi connectivity index (χ3v) is 8.16. The summed E-state index contributed by atoms with van der Waals surface area (Å²) < 4.78 is 28.0. The number of carboxylic acid groups (broad SMARTS) is 1. The molecule has 7 nitrogen and oxygen atoms in total. The maximum absolute atomic E-state index is 12.8. The molecule has 1 amide bonds. The largest absolute Gasteiger partial charge is 0.480 e. The number of aliphatic carboxylic acids is 1. The van der Waals surface area contributed by atoms with Gasteiger partial charge in [0.2, 0.25) is 15.9 Å². The quantitative estimate of drug-likeness (QED) is 0.230. The van der Waals surface area contributed by atoms with Gasteiger partial charge in [0.25, 0.3) is 0 Å². The average molecular weight is 571 g/mol. The molecule has 208 valence electrons. The fourth-order valence-corrected chi connectivity index (χ4v) is 5.54. The summed E-state index contributed by atoms with van der Waals surface area (Å²) in [5.41, 5.74) is 3.80. The number of halogens is 1. The van der Waals surface area contributed by atoms with Crippen molar-refractivity contribution < 1.29 is 23.1 Å². The van der Waals surface area contributed by atoms with Crippen LogP contribution in [0.4, 0.5) is 0 Å². The summed E-state index contributed by atoms with van der Waals surface area (Å²) in [6.45, 7) is 6.36. The zero-order valence-corrected chi connectivity index (χ0v) is 23.9.